The molecule has 0 bridgehead atoms. The lowest BCUT2D eigenvalue weighted by Gasteiger charge is -2.19. The van der Waals surface area contributed by atoms with Crippen molar-refractivity contribution in [3.8, 4) is 0 Å². The molecule has 1 heteroatoms. The zero-order chi connectivity index (χ0) is 14.7. The van der Waals surface area contributed by atoms with Crippen molar-refractivity contribution < 1.29 is 0 Å². The molecule has 0 aliphatic rings. The van der Waals surface area contributed by atoms with Crippen LogP contribution in [-0.2, 0) is 0 Å². The van der Waals surface area contributed by atoms with Gasteiger partial charge in [-0.3, -0.25) is 0 Å². The summed E-state index contributed by atoms with van der Waals surface area (Å²) in [6, 6.07) is 0. The molecule has 116 valence electrons. The van der Waals surface area contributed by atoms with Crippen LogP contribution in [0.25, 0.3) is 0 Å². The lowest BCUT2D eigenvalue weighted by Crippen LogP contribution is -2.24. The number of hydrogen-bond donors (Lipinski definition) is 0. The van der Waals surface area contributed by atoms with Crippen LogP contribution in [0.3, 0.4) is 0 Å². The van der Waals surface area contributed by atoms with E-state index in [1.807, 2.05) is 0 Å². The van der Waals surface area contributed by atoms with E-state index in [9.17, 15) is 0 Å². The first kappa shape index (κ1) is 19.0. The monoisotopic (exact) mass is 269 g/mol. The Hall–Kier alpha value is -0.0400. The van der Waals surface area contributed by atoms with Gasteiger partial charge in [-0.25, -0.2) is 0 Å². The highest BCUT2D eigenvalue weighted by Gasteiger charge is 2.04. The largest absolute Gasteiger partial charge is 0.306 e. The summed E-state index contributed by atoms with van der Waals surface area (Å²) in [5.74, 6) is 2.61. The fraction of sp³-hybridized carbons (Fsp3) is 1.00. The summed E-state index contributed by atoms with van der Waals surface area (Å²) < 4.78 is 0. The molecule has 0 spiro atoms. The fourth-order valence-corrected chi connectivity index (χ4v) is 2.78. The van der Waals surface area contributed by atoms with Gasteiger partial charge in [0, 0.05) is 6.54 Å². The summed E-state index contributed by atoms with van der Waals surface area (Å²) in [7, 11) is 2.26. The second-order valence-electron chi connectivity index (χ2n) is 7.44. The average molecular weight is 270 g/mol. The Morgan fingerprint density at radius 3 is 1.74 bits per heavy atom. The molecule has 1 nitrogen and oxygen atoms in total. The molecule has 0 aliphatic heterocycles. The normalized spacial score (nSPS) is 13.7. The third kappa shape index (κ3) is 14.2. The van der Waals surface area contributed by atoms with E-state index in [0.717, 1.165) is 17.8 Å². The minimum Gasteiger partial charge on any atom is -0.306 e. The van der Waals surface area contributed by atoms with Crippen molar-refractivity contribution >= 4 is 0 Å². The number of nitrogens with zero attached hydrogens (tertiary/aromatic N) is 1. The van der Waals surface area contributed by atoms with Crippen LogP contribution >= 0.6 is 0 Å². The second kappa shape index (κ2) is 11.8. The van der Waals surface area contributed by atoms with Crippen LogP contribution in [0.4, 0.5) is 0 Å². The van der Waals surface area contributed by atoms with E-state index in [2.05, 4.69) is 46.6 Å². The van der Waals surface area contributed by atoms with Crippen LogP contribution in [0.2, 0.25) is 0 Å². The van der Waals surface area contributed by atoms with Gasteiger partial charge in [-0.1, -0.05) is 73.1 Å². The maximum absolute atomic E-state index is 2.48. The van der Waals surface area contributed by atoms with E-state index >= 15 is 0 Å². The van der Waals surface area contributed by atoms with Gasteiger partial charge >= 0.3 is 0 Å². The van der Waals surface area contributed by atoms with Gasteiger partial charge in [0.2, 0.25) is 0 Å². The van der Waals surface area contributed by atoms with Gasteiger partial charge in [0.05, 0.1) is 0 Å². The molecule has 0 amide bonds. The molecule has 1 unspecified atom stereocenters. The van der Waals surface area contributed by atoms with Crippen molar-refractivity contribution in [2.24, 2.45) is 17.8 Å². The highest BCUT2D eigenvalue weighted by atomic mass is 15.1. The van der Waals surface area contributed by atoms with E-state index in [4.69, 9.17) is 0 Å². The summed E-state index contributed by atoms with van der Waals surface area (Å²) in [5, 5.41) is 0. The number of unbranched alkanes of at least 4 members (excludes halogenated alkanes) is 2. The van der Waals surface area contributed by atoms with Crippen molar-refractivity contribution in [1.82, 2.24) is 4.90 Å². The van der Waals surface area contributed by atoms with Crippen LogP contribution in [0.15, 0.2) is 0 Å². The van der Waals surface area contributed by atoms with Crippen LogP contribution < -0.4 is 0 Å². The topological polar surface area (TPSA) is 3.24 Å². The molecular formula is C18H39N. The Morgan fingerprint density at radius 2 is 1.21 bits per heavy atom. The van der Waals surface area contributed by atoms with Crippen molar-refractivity contribution in [3.05, 3.63) is 0 Å². The van der Waals surface area contributed by atoms with Crippen molar-refractivity contribution in [1.29, 1.82) is 0 Å². The quantitative estimate of drug-likeness (QED) is 0.417. The standard InChI is InChI=1S/C18H39N/c1-16(2)11-7-8-12-18(5)13-9-10-14-19(6)15-17(3)4/h16-18H,7-15H2,1-6H3. The van der Waals surface area contributed by atoms with E-state index in [0.29, 0.717) is 0 Å². The van der Waals surface area contributed by atoms with Crippen LogP contribution in [-0.4, -0.2) is 25.0 Å². The third-order valence-corrected chi connectivity index (χ3v) is 3.89. The molecule has 19 heavy (non-hydrogen) atoms. The zero-order valence-corrected chi connectivity index (χ0v) is 14.5. The molecular weight excluding hydrogens is 230 g/mol. The summed E-state index contributed by atoms with van der Waals surface area (Å²) in [5.41, 5.74) is 0. The van der Waals surface area contributed by atoms with Gasteiger partial charge in [0.15, 0.2) is 0 Å². The molecule has 0 aromatic heterocycles. The minimum atomic E-state index is 0.796. The summed E-state index contributed by atoms with van der Waals surface area (Å²) in [6.45, 7) is 14.2. The molecule has 0 radical (unpaired) electrons. The molecule has 0 aromatic carbocycles. The maximum atomic E-state index is 2.48. The maximum Gasteiger partial charge on any atom is 0.000133 e. The average Bonchev–Trinajstić information content (AvgIpc) is 2.29. The van der Waals surface area contributed by atoms with Gasteiger partial charge < -0.3 is 4.90 Å². The van der Waals surface area contributed by atoms with Gasteiger partial charge in [-0.05, 0) is 37.8 Å². The minimum absolute atomic E-state index is 0.796. The zero-order valence-electron chi connectivity index (χ0n) is 14.5. The van der Waals surface area contributed by atoms with Gasteiger partial charge in [0.25, 0.3) is 0 Å². The Labute approximate surface area is 123 Å². The molecule has 0 aliphatic carbocycles. The van der Waals surface area contributed by atoms with Crippen LogP contribution in [0.5, 0.6) is 0 Å². The summed E-state index contributed by atoms with van der Waals surface area (Å²) >= 11 is 0. The molecule has 0 rings (SSSR count). The molecule has 0 aromatic rings. The summed E-state index contributed by atoms with van der Waals surface area (Å²) in [6.07, 6.45) is 9.93. The van der Waals surface area contributed by atoms with Crippen molar-refractivity contribution in [2.45, 2.75) is 79.6 Å². The smallest absolute Gasteiger partial charge is 0.000133 e. The number of rotatable bonds is 12. The molecule has 1 atom stereocenters. The van der Waals surface area contributed by atoms with Crippen LogP contribution in [0.1, 0.15) is 79.6 Å². The highest BCUT2D eigenvalue weighted by Crippen LogP contribution is 2.17. The van der Waals surface area contributed by atoms with Crippen LogP contribution in [0, 0.1) is 17.8 Å². The van der Waals surface area contributed by atoms with E-state index in [-0.39, 0.29) is 0 Å². The Morgan fingerprint density at radius 1 is 0.684 bits per heavy atom. The molecule has 0 saturated carbocycles. The van der Waals surface area contributed by atoms with Crippen molar-refractivity contribution in [3.63, 3.8) is 0 Å². The summed E-state index contributed by atoms with van der Waals surface area (Å²) in [4.78, 5) is 2.48. The van der Waals surface area contributed by atoms with Gasteiger partial charge in [0.1, 0.15) is 0 Å². The Bertz CT molecular complexity index is 186. The molecule has 0 fully saturated rings. The highest BCUT2D eigenvalue weighted by molar-refractivity contribution is 4.58. The van der Waals surface area contributed by atoms with E-state index in [1.165, 1.54) is 58.0 Å². The van der Waals surface area contributed by atoms with Gasteiger partial charge in [-0.2, -0.15) is 0 Å². The Kier molecular flexibility index (Phi) is 11.7. The Balaban J connectivity index is 3.35. The van der Waals surface area contributed by atoms with E-state index in [1.54, 1.807) is 0 Å². The SMILES string of the molecule is CC(C)CCCCC(C)CCCCN(C)CC(C)C. The second-order valence-corrected chi connectivity index (χ2v) is 7.44. The molecule has 0 saturated heterocycles. The lowest BCUT2D eigenvalue weighted by molar-refractivity contribution is 0.284. The lowest BCUT2D eigenvalue weighted by atomic mass is 9.96. The fourth-order valence-electron chi connectivity index (χ4n) is 2.78. The number of hydrogen-bond acceptors (Lipinski definition) is 1. The third-order valence-electron chi connectivity index (χ3n) is 3.89. The first-order valence-corrected chi connectivity index (χ1v) is 8.60. The predicted molar refractivity (Wildman–Crippen MR) is 88.7 cm³/mol. The van der Waals surface area contributed by atoms with Crippen molar-refractivity contribution in [2.75, 3.05) is 20.1 Å². The first-order valence-electron chi connectivity index (χ1n) is 8.60. The molecule has 0 N–H and O–H groups in total. The molecule has 0 heterocycles. The van der Waals surface area contributed by atoms with Gasteiger partial charge in [-0.15, -0.1) is 0 Å². The predicted octanol–water partition coefficient (Wildman–Crippen LogP) is 5.60. The first-order chi connectivity index (χ1) is 8.91. The van der Waals surface area contributed by atoms with E-state index < -0.39 is 0 Å².